The van der Waals surface area contributed by atoms with Crippen molar-refractivity contribution in [1.82, 2.24) is 10.2 Å². The Kier molecular flexibility index (Phi) is 16.1. The third-order valence-corrected chi connectivity index (χ3v) is 15.4. The van der Waals surface area contributed by atoms with Crippen molar-refractivity contribution in [2.45, 2.75) is 167 Å². The van der Waals surface area contributed by atoms with Gasteiger partial charge in [-0.05, 0) is 123 Å². The lowest BCUT2D eigenvalue weighted by molar-refractivity contribution is -0.167. The second-order valence-electron chi connectivity index (χ2n) is 19.2. The highest BCUT2D eigenvalue weighted by atomic mass is 16.5. The Morgan fingerprint density at radius 2 is 1.71 bits per heavy atom. The lowest BCUT2D eigenvalue weighted by Crippen LogP contribution is -2.62. The van der Waals surface area contributed by atoms with E-state index in [0.717, 1.165) is 55.6 Å². The SMILES string of the molecule is COCCOCC(C(=O)NC1=CCCCC1)N(C(=O)[C@H](O)[C@@H](O)[C@H](O)[C@H](O)CO)C1CC[C@@]2(C)C(=CC[C@H]3[C@@H]4CC[C@H]([C@H](C)CCCC(C)C)[C@@]4(C)CC[C@@H]32)C1. The molecule has 0 aliphatic heterocycles. The van der Waals surface area contributed by atoms with Gasteiger partial charge in [0.1, 0.15) is 24.4 Å². The molecule has 5 rings (SSSR count). The molecule has 0 bridgehead atoms. The van der Waals surface area contributed by atoms with Gasteiger partial charge in [-0.3, -0.25) is 9.59 Å². The zero-order valence-electron chi connectivity index (χ0n) is 35.3. The minimum Gasteiger partial charge on any atom is -0.394 e. The van der Waals surface area contributed by atoms with E-state index in [4.69, 9.17) is 9.47 Å². The number of fused-ring (bicyclic) bond motifs is 5. The van der Waals surface area contributed by atoms with E-state index in [1.165, 1.54) is 55.4 Å². The molecule has 56 heavy (non-hydrogen) atoms. The minimum atomic E-state index is -2.16. The van der Waals surface area contributed by atoms with Crippen molar-refractivity contribution in [3.05, 3.63) is 23.4 Å². The molecular formula is C45H76N2O9. The maximum Gasteiger partial charge on any atom is 0.255 e. The second kappa shape index (κ2) is 19.9. The first-order chi connectivity index (χ1) is 26.7. The van der Waals surface area contributed by atoms with Crippen molar-refractivity contribution < 1.29 is 44.6 Å². The van der Waals surface area contributed by atoms with E-state index in [9.17, 15) is 35.1 Å². The number of rotatable bonds is 19. The number of aliphatic hydroxyl groups excluding tert-OH is 5. The van der Waals surface area contributed by atoms with Crippen molar-refractivity contribution in [2.75, 3.05) is 33.5 Å². The predicted molar refractivity (Wildman–Crippen MR) is 216 cm³/mol. The zero-order valence-corrected chi connectivity index (χ0v) is 35.3. The van der Waals surface area contributed by atoms with Crippen molar-refractivity contribution >= 4 is 11.8 Å². The van der Waals surface area contributed by atoms with E-state index in [0.29, 0.717) is 42.4 Å². The molecule has 0 radical (unpaired) electrons. The summed E-state index contributed by atoms with van der Waals surface area (Å²) in [6.07, 6.45) is 11.9. The lowest BCUT2D eigenvalue weighted by Gasteiger charge is -2.59. The van der Waals surface area contributed by atoms with E-state index in [2.05, 4.69) is 46.0 Å². The van der Waals surface area contributed by atoms with E-state index < -0.39 is 54.9 Å². The van der Waals surface area contributed by atoms with Gasteiger partial charge in [-0.1, -0.05) is 71.6 Å². The smallest absolute Gasteiger partial charge is 0.255 e. The standard InChI is InChI=1S/C45H76N2O9/c1-28(2)11-10-12-29(3)34-17-18-35-33-16-15-30-25-32(19-21-44(30,4)36(33)20-22-45(34,35)5)47(43(54)41(52)40(51)39(50)38(49)26-48)37(27-56-24-23-55-6)42(53)46-31-13-8-7-9-14-31/h13,15,28-29,32-41,48-52H,7-12,14,16-27H2,1-6H3,(H,46,53)/t29-,32?,33+,34-,35+,36+,37?,38-,39-,40+,41-,44+,45-/m1/s1. The molecule has 0 saturated heterocycles. The fraction of sp³-hybridized carbons (Fsp3) is 0.867. The van der Waals surface area contributed by atoms with Gasteiger partial charge >= 0.3 is 0 Å². The van der Waals surface area contributed by atoms with E-state index in [-0.39, 0.29) is 25.2 Å². The number of carbonyl (C=O) groups excluding carboxylic acids is 2. The van der Waals surface area contributed by atoms with Crippen LogP contribution in [0.4, 0.5) is 0 Å². The summed E-state index contributed by atoms with van der Waals surface area (Å²) in [6.45, 7) is 11.6. The molecular weight excluding hydrogens is 712 g/mol. The Hall–Kier alpha value is -1.86. The topological polar surface area (TPSA) is 169 Å². The van der Waals surface area contributed by atoms with E-state index >= 15 is 0 Å². The molecule has 3 saturated carbocycles. The van der Waals surface area contributed by atoms with Crippen LogP contribution in [-0.4, -0.2) is 112 Å². The van der Waals surface area contributed by atoms with Crippen molar-refractivity contribution in [1.29, 1.82) is 0 Å². The number of hydrogen-bond donors (Lipinski definition) is 6. The summed E-state index contributed by atoms with van der Waals surface area (Å²) >= 11 is 0. The summed E-state index contributed by atoms with van der Waals surface area (Å²) in [4.78, 5) is 30.1. The van der Waals surface area contributed by atoms with Crippen LogP contribution in [0, 0.1) is 46.3 Å². The highest BCUT2D eigenvalue weighted by Gasteiger charge is 2.59. The summed E-state index contributed by atoms with van der Waals surface area (Å²) in [5.74, 6) is 2.76. The summed E-state index contributed by atoms with van der Waals surface area (Å²) < 4.78 is 11.1. The third-order valence-electron chi connectivity index (χ3n) is 15.4. The number of aliphatic hydroxyl groups is 5. The van der Waals surface area contributed by atoms with Crippen LogP contribution >= 0.6 is 0 Å². The van der Waals surface area contributed by atoms with Crippen molar-refractivity contribution in [3.63, 3.8) is 0 Å². The molecule has 3 fully saturated rings. The van der Waals surface area contributed by atoms with Crippen LogP contribution in [-0.2, 0) is 19.1 Å². The molecule has 13 atom stereocenters. The Morgan fingerprint density at radius 3 is 2.39 bits per heavy atom. The fourth-order valence-electron chi connectivity index (χ4n) is 12.1. The first-order valence-corrected chi connectivity index (χ1v) is 22.1. The van der Waals surface area contributed by atoms with E-state index in [1.54, 1.807) is 7.11 Å². The molecule has 0 aromatic rings. The largest absolute Gasteiger partial charge is 0.394 e. The van der Waals surface area contributed by atoms with Crippen LogP contribution in [0.1, 0.15) is 131 Å². The molecule has 2 unspecified atom stereocenters. The van der Waals surface area contributed by atoms with Gasteiger partial charge in [0.25, 0.3) is 5.91 Å². The highest BCUT2D eigenvalue weighted by Crippen LogP contribution is 2.67. The number of amides is 2. The minimum absolute atomic E-state index is 0.0460. The zero-order chi connectivity index (χ0) is 40.8. The Morgan fingerprint density at radius 1 is 0.946 bits per heavy atom. The van der Waals surface area contributed by atoms with E-state index in [1.807, 2.05) is 6.08 Å². The maximum atomic E-state index is 14.5. The normalized spacial score (nSPS) is 33.5. The summed E-state index contributed by atoms with van der Waals surface area (Å²) in [5.41, 5.74) is 2.41. The van der Waals surface area contributed by atoms with Gasteiger partial charge in [0, 0.05) is 18.8 Å². The van der Waals surface area contributed by atoms with Crippen LogP contribution < -0.4 is 5.32 Å². The van der Waals surface area contributed by atoms with Gasteiger partial charge in [0.05, 0.1) is 26.4 Å². The number of carbonyl (C=O) groups is 2. The summed E-state index contributed by atoms with van der Waals surface area (Å²) in [7, 11) is 1.55. The molecule has 0 aromatic carbocycles. The molecule has 320 valence electrons. The quantitative estimate of drug-likeness (QED) is 0.0755. The number of nitrogens with one attached hydrogen (secondary N) is 1. The Balaban J connectivity index is 1.41. The fourth-order valence-corrected chi connectivity index (χ4v) is 12.1. The first kappa shape index (κ1) is 45.2. The molecule has 11 heteroatoms. The predicted octanol–water partition coefficient (Wildman–Crippen LogP) is 5.27. The lowest BCUT2D eigenvalue weighted by atomic mass is 9.46. The highest BCUT2D eigenvalue weighted by molar-refractivity contribution is 5.91. The van der Waals surface area contributed by atoms with Crippen LogP contribution in [0.5, 0.6) is 0 Å². The average molecular weight is 789 g/mol. The van der Waals surface area contributed by atoms with Gasteiger partial charge < -0.3 is 45.2 Å². The van der Waals surface area contributed by atoms with Crippen LogP contribution in [0.15, 0.2) is 23.4 Å². The van der Waals surface area contributed by atoms with Gasteiger partial charge in [-0.2, -0.15) is 0 Å². The average Bonchev–Trinajstić information content (AvgIpc) is 3.55. The molecule has 0 aromatic heterocycles. The number of hydrogen-bond acceptors (Lipinski definition) is 9. The van der Waals surface area contributed by atoms with Gasteiger partial charge in [0.15, 0.2) is 6.10 Å². The van der Waals surface area contributed by atoms with Gasteiger partial charge in [0.2, 0.25) is 5.91 Å². The molecule has 5 aliphatic rings. The molecule has 2 amide bonds. The van der Waals surface area contributed by atoms with Crippen molar-refractivity contribution in [2.24, 2.45) is 46.3 Å². The van der Waals surface area contributed by atoms with Crippen molar-refractivity contribution in [3.8, 4) is 0 Å². The molecule has 11 nitrogen and oxygen atoms in total. The first-order valence-electron chi connectivity index (χ1n) is 22.1. The monoisotopic (exact) mass is 789 g/mol. The summed E-state index contributed by atoms with van der Waals surface area (Å²) in [6, 6.07) is -1.64. The van der Waals surface area contributed by atoms with Gasteiger partial charge in [-0.15, -0.1) is 0 Å². The number of allylic oxidation sites excluding steroid dienone is 3. The number of ether oxygens (including phenoxy) is 2. The van der Waals surface area contributed by atoms with Crippen LogP contribution in [0.25, 0.3) is 0 Å². The van der Waals surface area contributed by atoms with Crippen LogP contribution in [0.2, 0.25) is 0 Å². The number of nitrogens with zero attached hydrogens (tertiary/aromatic N) is 1. The van der Waals surface area contributed by atoms with Crippen LogP contribution in [0.3, 0.4) is 0 Å². The summed E-state index contributed by atoms with van der Waals surface area (Å²) in [5, 5.41) is 55.3. The second-order valence-corrected chi connectivity index (χ2v) is 19.2. The third kappa shape index (κ3) is 9.77. The van der Waals surface area contributed by atoms with Gasteiger partial charge in [-0.25, -0.2) is 0 Å². The molecule has 0 spiro atoms. The maximum absolute atomic E-state index is 14.5. The Bertz CT molecular complexity index is 1370. The molecule has 0 heterocycles. The molecule has 6 N–H and O–H groups in total. The number of methoxy groups -OCH3 is 1. The molecule has 5 aliphatic carbocycles. The Labute approximate surface area is 336 Å².